The maximum Gasteiger partial charge on any atom is 0.416 e. The average molecular weight is 491 g/mol. The fraction of sp³-hybridized carbons (Fsp3) is 0.519. The van der Waals surface area contributed by atoms with E-state index in [1.807, 2.05) is 0 Å². The molecule has 2 aliphatic heterocycles. The van der Waals surface area contributed by atoms with Crippen LogP contribution in [-0.2, 0) is 11.0 Å². The third-order valence-electron chi connectivity index (χ3n) is 7.20. The number of carbonyl (C=O) groups is 1. The van der Waals surface area contributed by atoms with Crippen molar-refractivity contribution >= 4 is 5.97 Å². The molecular formula is C27H33F3N2O3. The van der Waals surface area contributed by atoms with E-state index in [1.165, 1.54) is 11.6 Å². The largest absolute Gasteiger partial charge is 0.485 e. The zero-order valence-corrected chi connectivity index (χ0v) is 19.8. The molecule has 2 aromatic rings. The van der Waals surface area contributed by atoms with Gasteiger partial charge in [-0.2, -0.15) is 13.2 Å². The number of hydrogen-bond acceptors (Lipinski definition) is 4. The third kappa shape index (κ3) is 6.98. The van der Waals surface area contributed by atoms with Crippen LogP contribution < -0.4 is 10.1 Å². The number of ether oxygens (including phenoxy) is 1. The normalized spacial score (nSPS) is 19.4. The Bertz CT molecular complexity index is 966. The number of hydrogen-bond donors (Lipinski definition) is 2. The standard InChI is InChI=1S/C27H33F3N2O3/c28-27(29,30)23-2-1-3-24(18-23)35-26(22-8-13-31-14-9-22)21-6-4-19(5-7-21)20-10-15-32(16-11-20)17-12-25(33)34/h1-7,18,20,22,26,31H,8-17H2,(H,33,34). The summed E-state index contributed by atoms with van der Waals surface area (Å²) < 4.78 is 45.9. The highest BCUT2D eigenvalue weighted by molar-refractivity contribution is 5.66. The lowest BCUT2D eigenvalue weighted by Gasteiger charge is -2.33. The lowest BCUT2D eigenvalue weighted by Crippen LogP contribution is -2.34. The van der Waals surface area contributed by atoms with Gasteiger partial charge in [0.15, 0.2) is 0 Å². The van der Waals surface area contributed by atoms with Crippen LogP contribution in [0.2, 0.25) is 0 Å². The van der Waals surface area contributed by atoms with Gasteiger partial charge in [0.05, 0.1) is 12.0 Å². The molecule has 2 aromatic carbocycles. The Balaban J connectivity index is 1.46. The highest BCUT2D eigenvalue weighted by Crippen LogP contribution is 2.37. The number of rotatable bonds is 8. The predicted molar refractivity (Wildman–Crippen MR) is 128 cm³/mol. The summed E-state index contributed by atoms with van der Waals surface area (Å²) in [4.78, 5) is 13.0. The molecule has 2 aliphatic rings. The summed E-state index contributed by atoms with van der Waals surface area (Å²) in [5, 5.41) is 12.2. The molecule has 2 saturated heterocycles. The summed E-state index contributed by atoms with van der Waals surface area (Å²) >= 11 is 0. The van der Waals surface area contributed by atoms with Crippen LogP contribution in [0.4, 0.5) is 13.2 Å². The van der Waals surface area contributed by atoms with Crippen molar-refractivity contribution < 1.29 is 27.8 Å². The second-order valence-electron chi connectivity index (χ2n) is 9.58. The van der Waals surface area contributed by atoms with Gasteiger partial charge in [-0.05, 0) is 87.1 Å². The van der Waals surface area contributed by atoms with E-state index in [4.69, 9.17) is 9.84 Å². The molecule has 5 nitrogen and oxygen atoms in total. The summed E-state index contributed by atoms with van der Waals surface area (Å²) in [5.74, 6) is 0.112. The lowest BCUT2D eigenvalue weighted by molar-refractivity contribution is -0.138. The van der Waals surface area contributed by atoms with Crippen LogP contribution in [0.15, 0.2) is 48.5 Å². The smallest absolute Gasteiger partial charge is 0.416 e. The van der Waals surface area contributed by atoms with Gasteiger partial charge in [-0.3, -0.25) is 4.79 Å². The predicted octanol–water partition coefficient (Wildman–Crippen LogP) is 5.48. The van der Waals surface area contributed by atoms with Gasteiger partial charge in [0, 0.05) is 12.5 Å². The van der Waals surface area contributed by atoms with E-state index in [0.29, 0.717) is 12.5 Å². The monoisotopic (exact) mass is 490 g/mol. The highest BCUT2D eigenvalue weighted by atomic mass is 19.4. The van der Waals surface area contributed by atoms with Crippen LogP contribution in [0, 0.1) is 5.92 Å². The van der Waals surface area contributed by atoms with Crippen LogP contribution in [0.25, 0.3) is 0 Å². The second kappa shape index (κ2) is 11.4. The topological polar surface area (TPSA) is 61.8 Å². The molecule has 0 aromatic heterocycles. The summed E-state index contributed by atoms with van der Waals surface area (Å²) in [6.07, 6.45) is -0.778. The molecule has 2 fully saturated rings. The van der Waals surface area contributed by atoms with E-state index >= 15 is 0 Å². The number of nitrogens with zero attached hydrogens (tertiary/aromatic N) is 1. The number of benzene rings is 2. The fourth-order valence-corrected chi connectivity index (χ4v) is 5.18. The van der Waals surface area contributed by atoms with Gasteiger partial charge in [0.1, 0.15) is 11.9 Å². The molecule has 1 unspecified atom stereocenters. The number of halogens is 3. The Kier molecular flexibility index (Phi) is 8.34. The van der Waals surface area contributed by atoms with Crippen LogP contribution in [0.3, 0.4) is 0 Å². The molecule has 4 rings (SSSR count). The SMILES string of the molecule is O=C(O)CCN1CCC(c2ccc(C(Oc3cccc(C(F)(F)F)c3)C3CCNCC3)cc2)CC1. The fourth-order valence-electron chi connectivity index (χ4n) is 5.18. The molecule has 8 heteroatoms. The number of aliphatic carboxylic acids is 1. The van der Waals surface area contributed by atoms with Gasteiger partial charge in [-0.15, -0.1) is 0 Å². The Morgan fingerprint density at radius 1 is 1.06 bits per heavy atom. The van der Waals surface area contributed by atoms with Crippen LogP contribution in [0.1, 0.15) is 60.8 Å². The Morgan fingerprint density at radius 2 is 1.74 bits per heavy atom. The molecule has 2 heterocycles. The van der Waals surface area contributed by atoms with Crippen LogP contribution >= 0.6 is 0 Å². The number of carboxylic acid groups (broad SMARTS) is 1. The van der Waals surface area contributed by atoms with Gasteiger partial charge in [-0.1, -0.05) is 30.3 Å². The summed E-state index contributed by atoms with van der Waals surface area (Å²) in [6, 6.07) is 13.5. The molecule has 0 radical (unpaired) electrons. The van der Waals surface area contributed by atoms with Crippen molar-refractivity contribution in [1.82, 2.24) is 10.2 Å². The lowest BCUT2D eigenvalue weighted by atomic mass is 9.85. The van der Waals surface area contributed by atoms with Crippen molar-refractivity contribution in [3.63, 3.8) is 0 Å². The van der Waals surface area contributed by atoms with Crippen molar-refractivity contribution in [1.29, 1.82) is 0 Å². The zero-order chi connectivity index (χ0) is 24.8. The third-order valence-corrected chi connectivity index (χ3v) is 7.20. The summed E-state index contributed by atoms with van der Waals surface area (Å²) in [7, 11) is 0. The highest BCUT2D eigenvalue weighted by Gasteiger charge is 2.32. The first-order valence-electron chi connectivity index (χ1n) is 12.4. The molecule has 0 amide bonds. The van der Waals surface area contributed by atoms with E-state index in [9.17, 15) is 18.0 Å². The van der Waals surface area contributed by atoms with Crippen molar-refractivity contribution in [2.75, 3.05) is 32.7 Å². The van der Waals surface area contributed by atoms with Crippen molar-refractivity contribution in [3.8, 4) is 5.75 Å². The molecule has 1 atom stereocenters. The molecule has 0 bridgehead atoms. The molecule has 190 valence electrons. The zero-order valence-electron chi connectivity index (χ0n) is 19.8. The van der Waals surface area contributed by atoms with Gasteiger partial charge < -0.3 is 20.1 Å². The number of nitrogens with one attached hydrogen (secondary N) is 1. The summed E-state index contributed by atoms with van der Waals surface area (Å²) in [5.41, 5.74) is 1.52. The average Bonchev–Trinajstić information content (AvgIpc) is 2.87. The first kappa shape index (κ1) is 25.5. The van der Waals surface area contributed by atoms with Crippen molar-refractivity contribution in [2.24, 2.45) is 5.92 Å². The molecule has 2 N–H and O–H groups in total. The first-order chi connectivity index (χ1) is 16.8. The van der Waals surface area contributed by atoms with E-state index < -0.39 is 17.7 Å². The molecular weight excluding hydrogens is 457 g/mol. The van der Waals surface area contributed by atoms with E-state index in [2.05, 4.69) is 34.5 Å². The Hall–Kier alpha value is -2.58. The maximum absolute atomic E-state index is 13.2. The van der Waals surface area contributed by atoms with Gasteiger partial charge in [0.2, 0.25) is 0 Å². The van der Waals surface area contributed by atoms with Crippen LogP contribution in [0.5, 0.6) is 5.75 Å². The van der Waals surface area contributed by atoms with Crippen molar-refractivity contribution in [2.45, 2.75) is 50.3 Å². The minimum Gasteiger partial charge on any atom is -0.485 e. The van der Waals surface area contributed by atoms with E-state index in [0.717, 1.165) is 69.6 Å². The molecule has 0 spiro atoms. The Labute approximate surface area is 204 Å². The van der Waals surface area contributed by atoms with Crippen LogP contribution in [-0.4, -0.2) is 48.7 Å². The minimum atomic E-state index is -4.41. The Morgan fingerprint density at radius 3 is 2.37 bits per heavy atom. The van der Waals surface area contributed by atoms with Gasteiger partial charge >= 0.3 is 12.1 Å². The number of likely N-dealkylation sites (tertiary alicyclic amines) is 1. The summed E-state index contributed by atoms with van der Waals surface area (Å²) in [6.45, 7) is 4.09. The quantitative estimate of drug-likeness (QED) is 0.513. The van der Waals surface area contributed by atoms with E-state index in [1.54, 1.807) is 6.07 Å². The number of alkyl halides is 3. The van der Waals surface area contributed by atoms with Crippen molar-refractivity contribution in [3.05, 3.63) is 65.2 Å². The number of piperidine rings is 2. The molecule has 35 heavy (non-hydrogen) atoms. The minimum absolute atomic E-state index is 0.170. The molecule has 0 aliphatic carbocycles. The second-order valence-corrected chi connectivity index (χ2v) is 9.58. The molecule has 0 saturated carbocycles. The maximum atomic E-state index is 13.2. The van der Waals surface area contributed by atoms with E-state index in [-0.39, 0.29) is 24.2 Å². The van der Waals surface area contributed by atoms with Gasteiger partial charge in [-0.25, -0.2) is 0 Å². The number of carboxylic acids is 1. The first-order valence-corrected chi connectivity index (χ1v) is 12.4. The van der Waals surface area contributed by atoms with Gasteiger partial charge in [0.25, 0.3) is 0 Å².